The van der Waals surface area contributed by atoms with Crippen LogP contribution in [-0.4, -0.2) is 63.2 Å². The molecule has 0 atom stereocenters. The molecule has 23 heavy (non-hydrogen) atoms. The van der Waals surface area contributed by atoms with Gasteiger partial charge in [-0.05, 0) is 37.6 Å². The van der Waals surface area contributed by atoms with Crippen molar-refractivity contribution in [2.24, 2.45) is 0 Å². The summed E-state index contributed by atoms with van der Waals surface area (Å²) in [5, 5.41) is 2.91. The van der Waals surface area contributed by atoms with Crippen LogP contribution in [0.25, 0.3) is 0 Å². The molecule has 1 aliphatic heterocycles. The molecule has 1 saturated heterocycles. The number of ether oxygens (including phenoxy) is 1. The number of benzene rings is 1. The molecule has 0 aliphatic carbocycles. The van der Waals surface area contributed by atoms with E-state index in [1.807, 2.05) is 29.2 Å². The summed E-state index contributed by atoms with van der Waals surface area (Å²) >= 11 is 0. The number of nitrogens with zero attached hydrogens (tertiary/aromatic N) is 2. The number of Topliss-reactive ketones (excluding diaryl/α,β-unsaturated/α-hetero) is 1. The molecule has 1 aromatic carbocycles. The highest BCUT2D eigenvalue weighted by molar-refractivity contribution is 5.94. The van der Waals surface area contributed by atoms with Gasteiger partial charge in [-0.25, -0.2) is 4.79 Å². The van der Waals surface area contributed by atoms with Crippen molar-refractivity contribution < 1.29 is 14.3 Å². The van der Waals surface area contributed by atoms with Gasteiger partial charge in [-0.2, -0.15) is 0 Å². The maximum atomic E-state index is 12.0. The smallest absolute Gasteiger partial charge is 0.317 e. The molecule has 0 saturated carbocycles. The lowest BCUT2D eigenvalue weighted by molar-refractivity contribution is 0.101. The molecule has 126 valence electrons. The highest BCUT2D eigenvalue weighted by atomic mass is 16.5. The van der Waals surface area contributed by atoms with Crippen LogP contribution in [0.15, 0.2) is 24.3 Å². The Labute approximate surface area is 137 Å². The van der Waals surface area contributed by atoms with Crippen LogP contribution in [0.1, 0.15) is 23.7 Å². The minimum absolute atomic E-state index is 0.00678. The molecule has 1 heterocycles. The van der Waals surface area contributed by atoms with Crippen LogP contribution >= 0.6 is 0 Å². The van der Waals surface area contributed by atoms with Crippen LogP contribution in [0.2, 0.25) is 0 Å². The third-order valence-corrected chi connectivity index (χ3v) is 4.01. The number of piperazine rings is 1. The molecule has 0 spiro atoms. The molecule has 1 aromatic rings. The Morgan fingerprint density at radius 3 is 2.35 bits per heavy atom. The van der Waals surface area contributed by atoms with Crippen LogP contribution in [0.3, 0.4) is 0 Å². The summed E-state index contributed by atoms with van der Waals surface area (Å²) in [5.74, 6) is 0.0755. The summed E-state index contributed by atoms with van der Waals surface area (Å²) in [6, 6.07) is 7.64. The van der Waals surface area contributed by atoms with Gasteiger partial charge in [-0.1, -0.05) is 0 Å². The predicted octanol–water partition coefficient (Wildman–Crippen LogP) is 1.76. The van der Waals surface area contributed by atoms with Gasteiger partial charge in [0.05, 0.1) is 0 Å². The van der Waals surface area contributed by atoms with Crippen molar-refractivity contribution in [3.63, 3.8) is 0 Å². The lowest BCUT2D eigenvalue weighted by atomic mass is 10.1. The Morgan fingerprint density at radius 2 is 1.78 bits per heavy atom. The number of amides is 2. The van der Waals surface area contributed by atoms with E-state index in [0.29, 0.717) is 26.2 Å². The number of carbonyl (C=O) groups is 2. The first-order valence-electron chi connectivity index (χ1n) is 7.99. The van der Waals surface area contributed by atoms with Crippen molar-refractivity contribution >= 4 is 17.5 Å². The second kappa shape index (κ2) is 8.53. The normalized spacial score (nSPS) is 14.7. The average molecular weight is 319 g/mol. The van der Waals surface area contributed by atoms with E-state index < -0.39 is 0 Å². The molecule has 0 radical (unpaired) electrons. The van der Waals surface area contributed by atoms with E-state index in [4.69, 9.17) is 4.74 Å². The largest absolute Gasteiger partial charge is 0.385 e. The number of rotatable bonds is 6. The zero-order valence-corrected chi connectivity index (χ0v) is 13.9. The Balaban J connectivity index is 1.79. The summed E-state index contributed by atoms with van der Waals surface area (Å²) < 4.78 is 4.96. The molecule has 0 aromatic heterocycles. The van der Waals surface area contributed by atoms with Crippen LogP contribution in [0.5, 0.6) is 0 Å². The van der Waals surface area contributed by atoms with E-state index in [9.17, 15) is 9.59 Å². The summed E-state index contributed by atoms with van der Waals surface area (Å²) in [4.78, 5) is 27.4. The maximum Gasteiger partial charge on any atom is 0.317 e. The summed E-state index contributed by atoms with van der Waals surface area (Å²) in [7, 11) is 1.66. The molecule has 1 N–H and O–H groups in total. The molecule has 2 rings (SSSR count). The SMILES string of the molecule is COCCCNC(=O)N1CCN(c2ccc(C(C)=O)cc2)CC1. The van der Waals surface area contributed by atoms with Crippen molar-refractivity contribution in [2.45, 2.75) is 13.3 Å². The molecule has 1 fully saturated rings. The molecule has 2 amide bonds. The van der Waals surface area contributed by atoms with E-state index >= 15 is 0 Å². The summed E-state index contributed by atoms with van der Waals surface area (Å²) in [6.07, 6.45) is 0.824. The van der Waals surface area contributed by atoms with Gasteiger partial charge in [-0.15, -0.1) is 0 Å². The van der Waals surface area contributed by atoms with Crippen molar-refractivity contribution in [1.82, 2.24) is 10.2 Å². The van der Waals surface area contributed by atoms with Crippen LogP contribution in [0.4, 0.5) is 10.5 Å². The van der Waals surface area contributed by atoms with Crippen molar-refractivity contribution in [2.75, 3.05) is 51.3 Å². The quantitative estimate of drug-likeness (QED) is 0.641. The Morgan fingerprint density at radius 1 is 1.13 bits per heavy atom. The van der Waals surface area contributed by atoms with Gasteiger partial charge in [0.2, 0.25) is 0 Å². The minimum Gasteiger partial charge on any atom is -0.385 e. The van der Waals surface area contributed by atoms with Gasteiger partial charge in [0.25, 0.3) is 0 Å². The van der Waals surface area contributed by atoms with Gasteiger partial charge < -0.3 is 19.9 Å². The summed E-state index contributed by atoms with van der Waals surface area (Å²) in [5.41, 5.74) is 1.82. The molecule has 1 aliphatic rings. The standard InChI is InChI=1S/C17H25N3O3/c1-14(21)15-4-6-16(7-5-15)19-9-11-20(12-10-19)17(22)18-8-3-13-23-2/h4-7H,3,8-13H2,1-2H3,(H,18,22). The molecule has 0 unspecified atom stereocenters. The van der Waals surface area contributed by atoms with Gasteiger partial charge in [0.15, 0.2) is 5.78 Å². The third kappa shape index (κ3) is 4.96. The second-order valence-corrected chi connectivity index (χ2v) is 5.66. The highest BCUT2D eigenvalue weighted by Crippen LogP contribution is 2.17. The average Bonchev–Trinajstić information content (AvgIpc) is 2.59. The number of anilines is 1. The number of ketones is 1. The van der Waals surface area contributed by atoms with E-state index in [-0.39, 0.29) is 11.8 Å². The fourth-order valence-corrected chi connectivity index (χ4v) is 2.60. The molecule has 6 nitrogen and oxygen atoms in total. The second-order valence-electron chi connectivity index (χ2n) is 5.66. The van der Waals surface area contributed by atoms with Crippen LogP contribution < -0.4 is 10.2 Å². The maximum absolute atomic E-state index is 12.0. The Kier molecular flexibility index (Phi) is 6.40. The van der Waals surface area contributed by atoms with E-state index in [2.05, 4.69) is 10.2 Å². The number of urea groups is 1. The Hall–Kier alpha value is -2.08. The molecular weight excluding hydrogens is 294 g/mol. The number of hydrogen-bond donors (Lipinski definition) is 1. The molecule has 0 bridgehead atoms. The van der Waals surface area contributed by atoms with Crippen molar-refractivity contribution in [3.8, 4) is 0 Å². The number of methoxy groups -OCH3 is 1. The monoisotopic (exact) mass is 319 g/mol. The van der Waals surface area contributed by atoms with E-state index in [1.165, 1.54) is 0 Å². The third-order valence-electron chi connectivity index (χ3n) is 4.01. The zero-order valence-electron chi connectivity index (χ0n) is 13.9. The van der Waals surface area contributed by atoms with Gasteiger partial charge in [0.1, 0.15) is 0 Å². The topological polar surface area (TPSA) is 61.9 Å². The van der Waals surface area contributed by atoms with Gasteiger partial charge >= 0.3 is 6.03 Å². The first-order chi connectivity index (χ1) is 11.1. The van der Waals surface area contributed by atoms with Crippen molar-refractivity contribution in [1.29, 1.82) is 0 Å². The van der Waals surface area contributed by atoms with E-state index in [0.717, 1.165) is 30.8 Å². The number of nitrogens with one attached hydrogen (secondary N) is 1. The molecule has 6 heteroatoms. The number of hydrogen-bond acceptors (Lipinski definition) is 4. The first kappa shape index (κ1) is 17.3. The van der Waals surface area contributed by atoms with Crippen molar-refractivity contribution in [3.05, 3.63) is 29.8 Å². The van der Waals surface area contributed by atoms with Crippen LogP contribution in [-0.2, 0) is 4.74 Å². The van der Waals surface area contributed by atoms with Gasteiger partial charge in [0, 0.05) is 57.7 Å². The summed E-state index contributed by atoms with van der Waals surface area (Å²) in [6.45, 7) is 5.85. The predicted molar refractivity (Wildman–Crippen MR) is 90.1 cm³/mol. The lowest BCUT2D eigenvalue weighted by Gasteiger charge is -2.36. The fraction of sp³-hybridized carbons (Fsp3) is 0.529. The number of carbonyl (C=O) groups excluding carboxylic acids is 2. The lowest BCUT2D eigenvalue weighted by Crippen LogP contribution is -2.52. The van der Waals surface area contributed by atoms with E-state index in [1.54, 1.807) is 14.0 Å². The Bertz CT molecular complexity index is 522. The first-order valence-corrected chi connectivity index (χ1v) is 7.99. The molecular formula is C17H25N3O3. The van der Waals surface area contributed by atoms with Gasteiger partial charge in [-0.3, -0.25) is 4.79 Å². The highest BCUT2D eigenvalue weighted by Gasteiger charge is 2.20. The van der Waals surface area contributed by atoms with Crippen LogP contribution in [0, 0.1) is 0 Å². The fourth-order valence-electron chi connectivity index (χ4n) is 2.60. The zero-order chi connectivity index (χ0) is 16.7. The minimum atomic E-state index is -0.00678.